The van der Waals surface area contributed by atoms with E-state index in [2.05, 4.69) is 0 Å². The van der Waals surface area contributed by atoms with Crippen LogP contribution in [0.2, 0.25) is 0 Å². The van der Waals surface area contributed by atoms with E-state index in [1.54, 1.807) is 12.1 Å². The van der Waals surface area contributed by atoms with E-state index in [9.17, 15) is 24.8 Å². The minimum atomic E-state index is -0.985. The molecular weight excluding hydrogens is 350 g/mol. The van der Waals surface area contributed by atoms with Crippen LogP contribution in [0.4, 0.5) is 11.4 Å². The molecule has 27 heavy (non-hydrogen) atoms. The average Bonchev–Trinajstić information content (AvgIpc) is 3.36. The van der Waals surface area contributed by atoms with Crippen molar-refractivity contribution in [1.29, 1.82) is 0 Å². The quantitative estimate of drug-likeness (QED) is 0.642. The molecule has 4 rings (SSSR count). The number of anilines is 1. The van der Waals surface area contributed by atoms with Crippen molar-refractivity contribution in [2.75, 3.05) is 24.5 Å². The van der Waals surface area contributed by atoms with Gasteiger partial charge < -0.3 is 14.9 Å². The van der Waals surface area contributed by atoms with Gasteiger partial charge in [0.15, 0.2) is 0 Å². The highest BCUT2D eigenvalue weighted by Crippen LogP contribution is 2.43. The van der Waals surface area contributed by atoms with Gasteiger partial charge in [-0.15, -0.1) is 0 Å². The molecule has 3 atom stereocenters. The summed E-state index contributed by atoms with van der Waals surface area (Å²) in [6.45, 7) is 1.96. The number of carbonyl (C=O) groups excluding carboxylic acids is 1. The van der Waals surface area contributed by atoms with Gasteiger partial charge in [-0.1, -0.05) is 6.42 Å². The normalized spacial score (nSPS) is 27.0. The first-order chi connectivity index (χ1) is 13.0. The van der Waals surface area contributed by atoms with E-state index in [1.165, 1.54) is 11.0 Å². The molecule has 2 saturated heterocycles. The number of nitro groups is 1. The molecule has 0 bridgehead atoms. The zero-order valence-corrected chi connectivity index (χ0v) is 15.0. The largest absolute Gasteiger partial charge is 0.480 e. The minimum absolute atomic E-state index is 0.00897. The number of carbonyl (C=O) groups is 2. The van der Waals surface area contributed by atoms with Gasteiger partial charge in [-0.3, -0.25) is 14.9 Å². The number of nitro benzene ring substituents is 1. The predicted molar refractivity (Wildman–Crippen MR) is 97.8 cm³/mol. The van der Waals surface area contributed by atoms with Crippen LogP contribution in [0.25, 0.3) is 0 Å². The molecule has 1 saturated carbocycles. The molecule has 1 N–H and O–H groups in total. The molecule has 3 fully saturated rings. The minimum Gasteiger partial charge on any atom is -0.480 e. The van der Waals surface area contributed by atoms with E-state index in [0.29, 0.717) is 12.2 Å². The number of amides is 1. The van der Waals surface area contributed by atoms with Gasteiger partial charge in [0.1, 0.15) is 11.7 Å². The van der Waals surface area contributed by atoms with Crippen LogP contribution in [0.3, 0.4) is 0 Å². The summed E-state index contributed by atoms with van der Waals surface area (Å²) in [4.78, 5) is 39.3. The summed E-state index contributed by atoms with van der Waals surface area (Å²) in [5.41, 5.74) is 0.631. The lowest BCUT2D eigenvalue weighted by Gasteiger charge is -2.25. The van der Waals surface area contributed by atoms with Gasteiger partial charge >= 0.3 is 5.97 Å². The Labute approximate surface area is 156 Å². The molecule has 8 nitrogen and oxygen atoms in total. The van der Waals surface area contributed by atoms with E-state index < -0.39 is 22.8 Å². The van der Waals surface area contributed by atoms with E-state index in [1.807, 2.05) is 4.90 Å². The third kappa shape index (κ3) is 3.02. The molecule has 144 valence electrons. The molecule has 0 aromatic heterocycles. The van der Waals surface area contributed by atoms with Crippen molar-refractivity contribution in [3.8, 4) is 0 Å². The summed E-state index contributed by atoms with van der Waals surface area (Å²) < 4.78 is 0. The monoisotopic (exact) mass is 373 g/mol. The molecule has 1 aromatic carbocycles. The summed E-state index contributed by atoms with van der Waals surface area (Å²) in [6, 6.07) is 3.70. The summed E-state index contributed by atoms with van der Waals surface area (Å²) in [6.07, 6.45) is 4.74. The van der Waals surface area contributed by atoms with Gasteiger partial charge in [-0.2, -0.15) is 0 Å². The zero-order chi connectivity index (χ0) is 19.1. The molecule has 0 spiro atoms. The van der Waals surface area contributed by atoms with Crippen LogP contribution in [0.5, 0.6) is 0 Å². The van der Waals surface area contributed by atoms with E-state index in [-0.39, 0.29) is 23.1 Å². The van der Waals surface area contributed by atoms with Gasteiger partial charge in [-0.25, -0.2) is 4.79 Å². The second kappa shape index (κ2) is 6.83. The number of aliphatic carboxylic acids is 1. The number of hydrogen-bond acceptors (Lipinski definition) is 5. The Balaban J connectivity index is 1.64. The lowest BCUT2D eigenvalue weighted by Crippen LogP contribution is -2.43. The first-order valence-electron chi connectivity index (χ1n) is 9.54. The molecular formula is C19H23N3O5. The molecule has 1 aromatic rings. The first-order valence-corrected chi connectivity index (χ1v) is 9.54. The van der Waals surface area contributed by atoms with Crippen LogP contribution < -0.4 is 4.90 Å². The highest BCUT2D eigenvalue weighted by Gasteiger charge is 2.49. The van der Waals surface area contributed by atoms with Crippen LogP contribution in [-0.4, -0.2) is 52.5 Å². The SMILES string of the molecule is O=C(O)C1C2CCCC2CN1C(=O)c1ccc(N2CCCC2)c([N+](=O)[O-])c1. The molecule has 3 aliphatic rings. The van der Waals surface area contributed by atoms with Crippen molar-refractivity contribution in [2.45, 2.75) is 38.1 Å². The molecule has 2 heterocycles. The number of rotatable bonds is 4. The number of likely N-dealkylation sites (tertiary alicyclic amines) is 1. The topological polar surface area (TPSA) is 104 Å². The van der Waals surface area contributed by atoms with Gasteiger partial charge in [0.2, 0.25) is 0 Å². The fourth-order valence-corrected chi connectivity index (χ4v) is 5.02. The van der Waals surface area contributed by atoms with E-state index in [0.717, 1.165) is 45.2 Å². The van der Waals surface area contributed by atoms with E-state index in [4.69, 9.17) is 0 Å². The van der Waals surface area contributed by atoms with Gasteiger partial charge in [0.05, 0.1) is 4.92 Å². The fourth-order valence-electron chi connectivity index (χ4n) is 5.02. The van der Waals surface area contributed by atoms with Crippen molar-refractivity contribution in [3.05, 3.63) is 33.9 Å². The number of carboxylic acid groups (broad SMARTS) is 1. The van der Waals surface area contributed by atoms with Gasteiger partial charge in [0.25, 0.3) is 11.6 Å². The van der Waals surface area contributed by atoms with Crippen LogP contribution in [0, 0.1) is 22.0 Å². The second-order valence-corrected chi connectivity index (χ2v) is 7.75. The van der Waals surface area contributed by atoms with Crippen LogP contribution in [0.1, 0.15) is 42.5 Å². The molecule has 1 aliphatic carbocycles. The highest BCUT2D eigenvalue weighted by molar-refractivity contribution is 5.98. The van der Waals surface area contributed by atoms with Crippen molar-refractivity contribution < 1.29 is 19.6 Å². The van der Waals surface area contributed by atoms with Gasteiger partial charge in [-0.05, 0) is 49.7 Å². The smallest absolute Gasteiger partial charge is 0.326 e. The number of nitrogens with zero attached hydrogens (tertiary/aromatic N) is 3. The zero-order valence-electron chi connectivity index (χ0n) is 15.0. The Kier molecular flexibility index (Phi) is 4.49. The average molecular weight is 373 g/mol. The first kappa shape index (κ1) is 17.8. The Morgan fingerprint density at radius 1 is 1.15 bits per heavy atom. The standard InChI is InChI=1S/C19H23N3O5/c23-18(21-11-13-4-3-5-14(13)17(21)19(24)25)12-6-7-15(16(10-12)22(26)27)20-8-1-2-9-20/h6-7,10,13-14,17H,1-5,8-9,11H2,(H,24,25). The Morgan fingerprint density at radius 3 is 2.56 bits per heavy atom. The third-order valence-corrected chi connectivity index (χ3v) is 6.27. The molecule has 1 amide bonds. The van der Waals surface area contributed by atoms with Crippen LogP contribution >= 0.6 is 0 Å². The molecule has 8 heteroatoms. The molecule has 3 unspecified atom stereocenters. The summed E-state index contributed by atoms with van der Waals surface area (Å²) in [5, 5.41) is 21.2. The Morgan fingerprint density at radius 2 is 1.89 bits per heavy atom. The van der Waals surface area contributed by atoms with Crippen molar-refractivity contribution in [1.82, 2.24) is 4.90 Å². The maximum atomic E-state index is 13.0. The Bertz CT molecular complexity index is 790. The maximum Gasteiger partial charge on any atom is 0.326 e. The number of benzene rings is 1. The van der Waals surface area contributed by atoms with Crippen molar-refractivity contribution in [2.24, 2.45) is 11.8 Å². The summed E-state index contributed by atoms with van der Waals surface area (Å²) in [5.74, 6) is -1.20. The Hall–Kier alpha value is -2.64. The highest BCUT2D eigenvalue weighted by atomic mass is 16.6. The molecule has 0 radical (unpaired) electrons. The number of carboxylic acids is 1. The van der Waals surface area contributed by atoms with Crippen LogP contribution in [0.15, 0.2) is 18.2 Å². The fraction of sp³-hybridized carbons (Fsp3) is 0.579. The molecule has 2 aliphatic heterocycles. The number of fused-ring (bicyclic) bond motifs is 1. The summed E-state index contributed by atoms with van der Waals surface area (Å²) in [7, 11) is 0. The van der Waals surface area contributed by atoms with Crippen molar-refractivity contribution >= 4 is 23.3 Å². The maximum absolute atomic E-state index is 13.0. The second-order valence-electron chi connectivity index (χ2n) is 7.75. The van der Waals surface area contributed by atoms with Crippen LogP contribution in [-0.2, 0) is 4.79 Å². The predicted octanol–water partition coefficient (Wildman–Crippen LogP) is 2.52. The summed E-state index contributed by atoms with van der Waals surface area (Å²) >= 11 is 0. The number of hydrogen-bond donors (Lipinski definition) is 1. The lowest BCUT2D eigenvalue weighted by atomic mass is 9.94. The lowest BCUT2D eigenvalue weighted by molar-refractivity contribution is -0.384. The van der Waals surface area contributed by atoms with Gasteiger partial charge in [0, 0.05) is 31.3 Å². The third-order valence-electron chi connectivity index (χ3n) is 6.27. The van der Waals surface area contributed by atoms with E-state index >= 15 is 0 Å². The van der Waals surface area contributed by atoms with Crippen molar-refractivity contribution in [3.63, 3.8) is 0 Å².